The second-order valence-corrected chi connectivity index (χ2v) is 6.84. The second-order valence-electron chi connectivity index (χ2n) is 6.84. The predicted octanol–water partition coefficient (Wildman–Crippen LogP) is 3.92. The quantitative estimate of drug-likeness (QED) is 0.824. The fraction of sp³-hybridized carbons (Fsp3) is 0.474. The van der Waals surface area contributed by atoms with Gasteiger partial charge in [-0.15, -0.1) is 0 Å². The third-order valence-electron chi connectivity index (χ3n) is 4.99. The number of aromatic nitrogens is 2. The Kier molecular flexibility index (Phi) is 5.34. The number of aryl methyl sites for hydroxylation is 2. The molecule has 0 saturated carbocycles. The van der Waals surface area contributed by atoms with Crippen molar-refractivity contribution >= 4 is 5.91 Å². The molecule has 4 nitrogen and oxygen atoms in total. The highest BCUT2D eigenvalue weighted by Crippen LogP contribution is 2.33. The van der Waals surface area contributed by atoms with Crippen LogP contribution in [0.1, 0.15) is 40.9 Å². The minimum atomic E-state index is -4.33. The topological polar surface area (TPSA) is 38.1 Å². The number of amides is 1. The average Bonchev–Trinajstić information content (AvgIpc) is 3.05. The molecule has 0 bridgehead atoms. The van der Waals surface area contributed by atoms with Crippen molar-refractivity contribution in [3.05, 3.63) is 53.6 Å². The van der Waals surface area contributed by atoms with Crippen LogP contribution in [0.15, 0.2) is 36.8 Å². The van der Waals surface area contributed by atoms with Gasteiger partial charge in [-0.05, 0) is 43.2 Å². The van der Waals surface area contributed by atoms with E-state index in [0.717, 1.165) is 18.9 Å². The number of nitrogens with zero attached hydrogens (tertiary/aromatic N) is 3. The molecule has 1 aliphatic heterocycles. The maximum absolute atomic E-state index is 13.1. The van der Waals surface area contributed by atoms with Gasteiger partial charge in [-0.25, -0.2) is 4.98 Å². The van der Waals surface area contributed by atoms with E-state index in [4.69, 9.17) is 0 Å². The van der Waals surface area contributed by atoms with Crippen molar-refractivity contribution in [3.63, 3.8) is 0 Å². The van der Waals surface area contributed by atoms with E-state index >= 15 is 0 Å². The summed E-state index contributed by atoms with van der Waals surface area (Å²) >= 11 is 0. The number of hydrogen-bond donors (Lipinski definition) is 0. The zero-order valence-electron chi connectivity index (χ0n) is 14.7. The predicted molar refractivity (Wildman–Crippen MR) is 91.6 cm³/mol. The summed E-state index contributed by atoms with van der Waals surface area (Å²) in [4.78, 5) is 18.4. The Hall–Kier alpha value is -2.31. The minimum Gasteiger partial charge on any atom is -0.337 e. The van der Waals surface area contributed by atoms with Crippen molar-refractivity contribution in [1.82, 2.24) is 14.5 Å². The first-order valence-electron chi connectivity index (χ1n) is 8.77. The van der Waals surface area contributed by atoms with Crippen LogP contribution in [0.4, 0.5) is 13.2 Å². The number of hydrogen-bond acceptors (Lipinski definition) is 2. The number of likely N-dealkylation sites (tertiary alicyclic amines) is 1. The van der Waals surface area contributed by atoms with Gasteiger partial charge in [0.15, 0.2) is 0 Å². The summed E-state index contributed by atoms with van der Waals surface area (Å²) in [5.41, 5.74) is 0.307. The molecule has 1 atom stereocenters. The molecule has 3 rings (SSSR count). The van der Waals surface area contributed by atoms with Crippen LogP contribution >= 0.6 is 0 Å². The van der Waals surface area contributed by atoms with E-state index in [-0.39, 0.29) is 11.8 Å². The zero-order valence-corrected chi connectivity index (χ0v) is 14.7. The number of piperidine rings is 1. The first-order chi connectivity index (χ1) is 12.4. The van der Waals surface area contributed by atoms with Crippen LogP contribution in [-0.2, 0) is 19.6 Å². The van der Waals surface area contributed by atoms with Gasteiger partial charge >= 0.3 is 6.18 Å². The minimum absolute atomic E-state index is 0.0645. The lowest BCUT2D eigenvalue weighted by atomic mass is 9.90. The normalized spacial score (nSPS) is 18.2. The van der Waals surface area contributed by atoms with E-state index < -0.39 is 11.7 Å². The molecule has 26 heavy (non-hydrogen) atoms. The molecule has 2 heterocycles. The Labute approximate surface area is 150 Å². The molecule has 0 radical (unpaired) electrons. The molecule has 7 heteroatoms. The lowest BCUT2D eigenvalue weighted by Gasteiger charge is -2.33. The third kappa shape index (κ3) is 4.08. The number of benzene rings is 1. The summed E-state index contributed by atoms with van der Waals surface area (Å²) in [6.45, 7) is 1.26. The molecule has 1 fully saturated rings. The van der Waals surface area contributed by atoms with Crippen LogP contribution < -0.4 is 0 Å². The smallest absolute Gasteiger partial charge is 0.337 e. The van der Waals surface area contributed by atoms with Crippen LogP contribution in [0.5, 0.6) is 0 Å². The van der Waals surface area contributed by atoms with E-state index in [1.54, 1.807) is 41.2 Å². The highest BCUT2D eigenvalue weighted by Gasteiger charge is 2.33. The molecule has 0 unspecified atom stereocenters. The van der Waals surface area contributed by atoms with Gasteiger partial charge in [-0.1, -0.05) is 18.2 Å². The van der Waals surface area contributed by atoms with Crippen LogP contribution in [0.25, 0.3) is 0 Å². The molecule has 0 aliphatic carbocycles. The molecule has 1 aromatic carbocycles. The zero-order chi connectivity index (χ0) is 18.7. The third-order valence-corrected chi connectivity index (χ3v) is 4.99. The highest BCUT2D eigenvalue weighted by atomic mass is 19.4. The highest BCUT2D eigenvalue weighted by molar-refractivity contribution is 5.92. The van der Waals surface area contributed by atoms with Gasteiger partial charge in [-0.3, -0.25) is 4.79 Å². The first kappa shape index (κ1) is 18.5. The van der Waals surface area contributed by atoms with Gasteiger partial charge in [0, 0.05) is 20.1 Å². The van der Waals surface area contributed by atoms with Crippen LogP contribution in [0.3, 0.4) is 0 Å². The molecule has 1 aromatic heterocycles. The van der Waals surface area contributed by atoms with Gasteiger partial charge in [0.2, 0.25) is 0 Å². The molecule has 140 valence electrons. The number of carbonyl (C=O) groups excluding carboxylic acids is 1. The number of carbonyl (C=O) groups is 1. The van der Waals surface area contributed by atoms with Gasteiger partial charge in [0.25, 0.3) is 5.91 Å². The molecule has 0 spiro atoms. The van der Waals surface area contributed by atoms with Gasteiger partial charge in [0.05, 0.1) is 18.1 Å². The Bertz CT molecular complexity index is 769. The Balaban J connectivity index is 1.63. The molecular weight excluding hydrogens is 343 g/mol. The molecule has 1 aliphatic rings. The van der Waals surface area contributed by atoms with Crippen molar-refractivity contribution < 1.29 is 18.0 Å². The Morgan fingerprint density at radius 2 is 2.08 bits per heavy atom. The number of alkyl halides is 3. The van der Waals surface area contributed by atoms with E-state index in [1.807, 2.05) is 0 Å². The molecule has 1 amide bonds. The van der Waals surface area contributed by atoms with Crippen molar-refractivity contribution in [3.8, 4) is 0 Å². The lowest BCUT2D eigenvalue weighted by Crippen LogP contribution is -2.40. The summed E-state index contributed by atoms with van der Waals surface area (Å²) < 4.78 is 41.0. The van der Waals surface area contributed by atoms with Crippen molar-refractivity contribution in [2.75, 3.05) is 13.1 Å². The number of rotatable bonds is 4. The number of halogens is 3. The lowest BCUT2D eigenvalue weighted by molar-refractivity contribution is -0.138. The van der Waals surface area contributed by atoms with Crippen molar-refractivity contribution in [2.45, 2.75) is 31.9 Å². The van der Waals surface area contributed by atoms with E-state index in [0.29, 0.717) is 37.2 Å². The number of imidazole rings is 1. The van der Waals surface area contributed by atoms with Gasteiger partial charge < -0.3 is 9.47 Å². The summed E-state index contributed by atoms with van der Waals surface area (Å²) in [5, 5.41) is 0. The van der Waals surface area contributed by atoms with E-state index in [1.165, 1.54) is 6.07 Å². The van der Waals surface area contributed by atoms with Crippen LogP contribution in [0, 0.1) is 5.92 Å². The summed E-state index contributed by atoms with van der Waals surface area (Å²) in [5.74, 6) is 0.146. The van der Waals surface area contributed by atoms with Crippen molar-refractivity contribution in [1.29, 1.82) is 0 Å². The molecule has 2 aromatic rings. The molecule has 0 N–H and O–H groups in total. The maximum Gasteiger partial charge on any atom is 0.416 e. The van der Waals surface area contributed by atoms with Crippen LogP contribution in [0.2, 0.25) is 0 Å². The second kappa shape index (κ2) is 7.51. The molecule has 1 saturated heterocycles. The standard InChI is InChI=1S/C19H22F3N3O/c1-24-13-23-11-17(24)18(26)25-10-4-5-14(12-25)8-9-15-6-2-3-7-16(15)19(20,21)22/h2-3,6-7,11,13-14H,4-5,8-10,12H2,1H3/t14-/m1/s1. The summed E-state index contributed by atoms with van der Waals surface area (Å²) in [6.07, 6.45) is 1.62. The van der Waals surface area contributed by atoms with E-state index in [2.05, 4.69) is 4.98 Å². The van der Waals surface area contributed by atoms with Gasteiger partial charge in [-0.2, -0.15) is 13.2 Å². The Morgan fingerprint density at radius 1 is 1.31 bits per heavy atom. The molecular formula is C19H22F3N3O. The van der Waals surface area contributed by atoms with Crippen LogP contribution in [-0.4, -0.2) is 33.4 Å². The van der Waals surface area contributed by atoms with Crippen molar-refractivity contribution in [2.24, 2.45) is 13.0 Å². The van der Waals surface area contributed by atoms with E-state index in [9.17, 15) is 18.0 Å². The SMILES string of the molecule is Cn1cncc1C(=O)N1CCC[C@H](CCc2ccccc2C(F)(F)F)C1. The summed E-state index contributed by atoms with van der Waals surface area (Å²) in [7, 11) is 1.77. The Morgan fingerprint density at radius 3 is 2.77 bits per heavy atom. The average molecular weight is 365 g/mol. The van der Waals surface area contributed by atoms with Gasteiger partial charge in [0.1, 0.15) is 5.69 Å². The fourth-order valence-corrected chi connectivity index (χ4v) is 3.58. The summed E-state index contributed by atoms with van der Waals surface area (Å²) in [6, 6.07) is 5.74. The fourth-order valence-electron chi connectivity index (χ4n) is 3.58. The largest absolute Gasteiger partial charge is 0.416 e. The first-order valence-corrected chi connectivity index (χ1v) is 8.77. The maximum atomic E-state index is 13.1. The monoisotopic (exact) mass is 365 g/mol.